The van der Waals surface area contributed by atoms with Crippen molar-refractivity contribution in [3.63, 3.8) is 0 Å². The quantitative estimate of drug-likeness (QED) is 0.851. The number of hydrogen-bond acceptors (Lipinski definition) is 2. The smallest absolute Gasteiger partial charge is 0.0498 e. The lowest BCUT2D eigenvalue weighted by atomic mass is 9.73. The largest absolute Gasteiger partial charge is 0.377 e. The summed E-state index contributed by atoms with van der Waals surface area (Å²) >= 11 is 3.66. The van der Waals surface area contributed by atoms with Crippen molar-refractivity contribution in [2.24, 2.45) is 17.6 Å². The summed E-state index contributed by atoms with van der Waals surface area (Å²) < 4.78 is 1.14. The average molecular weight is 337 g/mol. The van der Waals surface area contributed by atoms with Gasteiger partial charge in [0, 0.05) is 22.2 Å². The van der Waals surface area contributed by atoms with Gasteiger partial charge in [-0.2, -0.15) is 0 Å². The van der Waals surface area contributed by atoms with Crippen LogP contribution >= 0.6 is 15.9 Å². The van der Waals surface area contributed by atoms with Crippen LogP contribution in [0.15, 0.2) is 22.7 Å². The Hall–Kier alpha value is -0.540. The summed E-state index contributed by atoms with van der Waals surface area (Å²) in [5.74, 6) is 1.88. The summed E-state index contributed by atoms with van der Waals surface area (Å²) in [5, 5.41) is 3.79. The molecule has 0 spiro atoms. The van der Waals surface area contributed by atoms with Crippen LogP contribution in [0.1, 0.15) is 44.1 Å². The third-order valence-electron chi connectivity index (χ3n) is 5.08. The van der Waals surface area contributed by atoms with E-state index >= 15 is 0 Å². The molecule has 2 atom stereocenters. The first-order valence-electron chi connectivity index (χ1n) is 7.86. The van der Waals surface area contributed by atoms with Crippen molar-refractivity contribution in [2.75, 3.05) is 11.9 Å². The highest BCUT2D eigenvalue weighted by molar-refractivity contribution is 9.10. The molecule has 0 aromatic heterocycles. The molecule has 0 bridgehead atoms. The van der Waals surface area contributed by atoms with E-state index in [2.05, 4.69) is 46.4 Å². The van der Waals surface area contributed by atoms with Gasteiger partial charge in [0.2, 0.25) is 0 Å². The Bertz CT molecular complexity index is 484. The molecule has 2 aliphatic carbocycles. The minimum atomic E-state index is 0.0990. The summed E-state index contributed by atoms with van der Waals surface area (Å²) in [7, 11) is 0. The fraction of sp³-hybridized carbons (Fsp3) is 0.647. The van der Waals surface area contributed by atoms with Gasteiger partial charge < -0.3 is 11.1 Å². The zero-order valence-electron chi connectivity index (χ0n) is 12.3. The van der Waals surface area contributed by atoms with E-state index in [0.29, 0.717) is 0 Å². The highest BCUT2D eigenvalue weighted by Crippen LogP contribution is 2.47. The number of nitrogens with two attached hydrogens (primary N) is 1. The third-order valence-corrected chi connectivity index (χ3v) is 5.78. The van der Waals surface area contributed by atoms with Gasteiger partial charge >= 0.3 is 0 Å². The van der Waals surface area contributed by atoms with Crippen LogP contribution in [0.3, 0.4) is 0 Å². The molecule has 3 rings (SSSR count). The van der Waals surface area contributed by atoms with Crippen LogP contribution in [0.2, 0.25) is 0 Å². The maximum Gasteiger partial charge on any atom is 0.0498 e. The molecule has 110 valence electrons. The van der Waals surface area contributed by atoms with Crippen molar-refractivity contribution in [3.05, 3.63) is 28.2 Å². The monoisotopic (exact) mass is 336 g/mol. The number of rotatable bonds is 4. The van der Waals surface area contributed by atoms with E-state index in [1.165, 1.54) is 49.8 Å². The maximum atomic E-state index is 6.18. The van der Waals surface area contributed by atoms with E-state index in [1.807, 2.05) is 0 Å². The van der Waals surface area contributed by atoms with E-state index in [1.54, 1.807) is 0 Å². The summed E-state index contributed by atoms with van der Waals surface area (Å²) in [6.07, 6.45) is 8.05. The molecule has 0 heterocycles. The topological polar surface area (TPSA) is 38.0 Å². The predicted octanol–water partition coefficient (Wildman–Crippen LogP) is 4.47. The first kappa shape index (κ1) is 14.4. The fourth-order valence-corrected chi connectivity index (χ4v) is 4.09. The number of anilines is 1. The van der Waals surface area contributed by atoms with E-state index in [0.717, 1.165) is 22.9 Å². The SMILES string of the molecule is Cc1ccc(Br)c(NC2(CN)CCCC(C3CC3)C2)c1. The molecule has 1 aromatic rings. The minimum absolute atomic E-state index is 0.0990. The van der Waals surface area contributed by atoms with Crippen LogP contribution in [-0.2, 0) is 0 Å². The lowest BCUT2D eigenvalue weighted by Crippen LogP contribution is -2.49. The van der Waals surface area contributed by atoms with Gasteiger partial charge in [0.05, 0.1) is 0 Å². The van der Waals surface area contributed by atoms with Gasteiger partial charge in [0.1, 0.15) is 0 Å². The van der Waals surface area contributed by atoms with Gasteiger partial charge in [-0.1, -0.05) is 18.9 Å². The molecule has 3 N–H and O–H groups in total. The molecule has 0 saturated heterocycles. The lowest BCUT2D eigenvalue weighted by molar-refractivity contribution is 0.228. The second kappa shape index (κ2) is 5.69. The second-order valence-corrected chi connectivity index (χ2v) is 7.64. The van der Waals surface area contributed by atoms with E-state index in [-0.39, 0.29) is 5.54 Å². The zero-order chi connectivity index (χ0) is 14.2. The molecule has 2 nitrogen and oxygen atoms in total. The van der Waals surface area contributed by atoms with Crippen molar-refractivity contribution < 1.29 is 0 Å². The molecular weight excluding hydrogens is 312 g/mol. The molecular formula is C17H25BrN2. The normalized spacial score (nSPS) is 30.2. The van der Waals surface area contributed by atoms with Crippen molar-refractivity contribution in [1.82, 2.24) is 0 Å². The lowest BCUT2D eigenvalue weighted by Gasteiger charge is -2.42. The standard InChI is InChI=1S/C17H25BrN2/c1-12-4-7-15(18)16(9-12)20-17(11-19)8-2-3-14(10-17)13-5-6-13/h4,7,9,13-14,20H,2-3,5-6,8,10-11,19H2,1H3. The average Bonchev–Trinajstić information content (AvgIpc) is 3.28. The highest BCUT2D eigenvalue weighted by Gasteiger charge is 2.41. The highest BCUT2D eigenvalue weighted by atomic mass is 79.9. The van der Waals surface area contributed by atoms with Gasteiger partial charge in [-0.05, 0) is 78.1 Å². The Labute approximate surface area is 130 Å². The molecule has 20 heavy (non-hydrogen) atoms. The van der Waals surface area contributed by atoms with Gasteiger partial charge in [-0.3, -0.25) is 0 Å². The molecule has 1 aromatic carbocycles. The van der Waals surface area contributed by atoms with Crippen molar-refractivity contribution >= 4 is 21.6 Å². The Morgan fingerprint density at radius 2 is 2.10 bits per heavy atom. The van der Waals surface area contributed by atoms with Crippen LogP contribution < -0.4 is 11.1 Å². The van der Waals surface area contributed by atoms with E-state index in [9.17, 15) is 0 Å². The number of hydrogen-bond donors (Lipinski definition) is 2. The van der Waals surface area contributed by atoms with Crippen LogP contribution in [0.4, 0.5) is 5.69 Å². The fourth-order valence-electron chi connectivity index (χ4n) is 3.75. The zero-order valence-corrected chi connectivity index (χ0v) is 13.9. The third kappa shape index (κ3) is 3.04. The summed E-state index contributed by atoms with van der Waals surface area (Å²) in [4.78, 5) is 0. The van der Waals surface area contributed by atoms with Gasteiger partial charge in [0.15, 0.2) is 0 Å². The first-order valence-corrected chi connectivity index (χ1v) is 8.66. The predicted molar refractivity (Wildman–Crippen MR) is 89.0 cm³/mol. The van der Waals surface area contributed by atoms with Crippen LogP contribution in [0.25, 0.3) is 0 Å². The molecule has 0 radical (unpaired) electrons. The molecule has 2 fully saturated rings. The number of aryl methyl sites for hydroxylation is 1. The van der Waals surface area contributed by atoms with Gasteiger partial charge in [-0.15, -0.1) is 0 Å². The Kier molecular flexibility index (Phi) is 4.09. The molecule has 3 heteroatoms. The Balaban J connectivity index is 1.79. The van der Waals surface area contributed by atoms with Crippen LogP contribution in [0, 0.1) is 18.8 Å². The van der Waals surface area contributed by atoms with Crippen LogP contribution in [0.5, 0.6) is 0 Å². The first-order chi connectivity index (χ1) is 9.62. The number of nitrogens with one attached hydrogen (secondary N) is 1. The molecule has 2 aliphatic rings. The van der Waals surface area contributed by atoms with E-state index < -0.39 is 0 Å². The van der Waals surface area contributed by atoms with Crippen molar-refractivity contribution in [3.8, 4) is 0 Å². The Morgan fingerprint density at radius 3 is 2.80 bits per heavy atom. The minimum Gasteiger partial charge on any atom is -0.377 e. The second-order valence-electron chi connectivity index (χ2n) is 6.79. The van der Waals surface area contributed by atoms with Crippen LogP contribution in [-0.4, -0.2) is 12.1 Å². The van der Waals surface area contributed by atoms with Crippen molar-refractivity contribution in [1.29, 1.82) is 0 Å². The molecule has 0 aliphatic heterocycles. The molecule has 2 saturated carbocycles. The molecule has 2 unspecified atom stereocenters. The summed E-state index contributed by atoms with van der Waals surface area (Å²) in [6, 6.07) is 6.49. The number of benzene rings is 1. The summed E-state index contributed by atoms with van der Waals surface area (Å²) in [5.41, 5.74) is 8.77. The Morgan fingerprint density at radius 1 is 1.30 bits per heavy atom. The summed E-state index contributed by atoms with van der Waals surface area (Å²) in [6.45, 7) is 2.87. The van der Waals surface area contributed by atoms with Gasteiger partial charge in [-0.25, -0.2) is 0 Å². The van der Waals surface area contributed by atoms with E-state index in [4.69, 9.17) is 5.73 Å². The van der Waals surface area contributed by atoms with Gasteiger partial charge in [0.25, 0.3) is 0 Å². The number of halogens is 1. The van der Waals surface area contributed by atoms with Crippen molar-refractivity contribution in [2.45, 2.75) is 51.0 Å². The molecule has 0 amide bonds. The maximum absolute atomic E-state index is 6.18.